The van der Waals surface area contributed by atoms with Crippen LogP contribution in [0.4, 0.5) is 0 Å². The third-order valence-electron chi connectivity index (χ3n) is 5.22. The highest BCUT2D eigenvalue weighted by Gasteiger charge is 2.33. The lowest BCUT2D eigenvalue weighted by Gasteiger charge is -2.32. The number of hydrogen-bond donors (Lipinski definition) is 0. The SMILES string of the molecule is Cc1cnc2c(S(=O)(=O)N3CCN(S(=O)(=O)/C=C/c4ccccc4)CC3)cccc2c1. The van der Waals surface area contributed by atoms with E-state index in [0.717, 1.165) is 16.5 Å². The third kappa shape index (κ3) is 4.54. The molecule has 0 radical (unpaired) electrons. The summed E-state index contributed by atoms with van der Waals surface area (Å²) in [5.41, 5.74) is 2.16. The summed E-state index contributed by atoms with van der Waals surface area (Å²) in [4.78, 5) is 4.47. The van der Waals surface area contributed by atoms with Crippen LogP contribution < -0.4 is 0 Å². The van der Waals surface area contributed by atoms with Crippen molar-refractivity contribution in [3.8, 4) is 0 Å². The van der Waals surface area contributed by atoms with Gasteiger partial charge in [0.2, 0.25) is 20.0 Å². The minimum Gasteiger partial charge on any atom is -0.255 e. The van der Waals surface area contributed by atoms with Crippen LogP contribution in [0.25, 0.3) is 17.0 Å². The minimum absolute atomic E-state index is 0.0863. The lowest BCUT2D eigenvalue weighted by Crippen LogP contribution is -2.50. The van der Waals surface area contributed by atoms with Crippen LogP contribution in [-0.2, 0) is 20.0 Å². The van der Waals surface area contributed by atoms with E-state index < -0.39 is 20.0 Å². The predicted octanol–water partition coefficient (Wildman–Crippen LogP) is 2.85. The minimum atomic E-state index is -3.79. The van der Waals surface area contributed by atoms with Gasteiger partial charge in [-0.25, -0.2) is 16.8 Å². The molecule has 7 nitrogen and oxygen atoms in total. The van der Waals surface area contributed by atoms with Gasteiger partial charge in [0.05, 0.1) is 5.52 Å². The van der Waals surface area contributed by atoms with Gasteiger partial charge in [-0.1, -0.05) is 42.5 Å². The fourth-order valence-electron chi connectivity index (χ4n) is 3.57. The summed E-state index contributed by atoms with van der Waals surface area (Å²) in [6, 6.07) is 16.1. The molecule has 4 rings (SSSR count). The van der Waals surface area contributed by atoms with Gasteiger partial charge in [-0.05, 0) is 36.3 Å². The van der Waals surface area contributed by atoms with E-state index in [1.165, 1.54) is 14.0 Å². The van der Waals surface area contributed by atoms with Gasteiger partial charge in [-0.3, -0.25) is 4.98 Å². The Bertz CT molecular complexity index is 1330. The zero-order valence-corrected chi connectivity index (χ0v) is 18.7. The first kappa shape index (κ1) is 21.6. The zero-order valence-electron chi connectivity index (χ0n) is 17.0. The van der Waals surface area contributed by atoms with Crippen LogP contribution in [-0.4, -0.2) is 56.6 Å². The van der Waals surface area contributed by atoms with E-state index in [2.05, 4.69) is 4.98 Å². The van der Waals surface area contributed by atoms with E-state index in [-0.39, 0.29) is 31.1 Å². The van der Waals surface area contributed by atoms with E-state index in [9.17, 15) is 16.8 Å². The molecule has 162 valence electrons. The van der Waals surface area contributed by atoms with Crippen LogP contribution >= 0.6 is 0 Å². The topological polar surface area (TPSA) is 87.7 Å². The molecule has 0 unspecified atom stereocenters. The molecule has 0 N–H and O–H groups in total. The highest BCUT2D eigenvalue weighted by atomic mass is 32.2. The number of aromatic nitrogens is 1. The molecule has 1 aromatic heterocycles. The first-order chi connectivity index (χ1) is 14.8. The molecule has 0 aliphatic carbocycles. The van der Waals surface area contributed by atoms with Crippen molar-refractivity contribution in [2.45, 2.75) is 11.8 Å². The summed E-state index contributed by atoms with van der Waals surface area (Å²) in [6.07, 6.45) is 3.19. The summed E-state index contributed by atoms with van der Waals surface area (Å²) < 4.78 is 54.5. The number of piperazine rings is 1. The lowest BCUT2D eigenvalue weighted by atomic mass is 10.2. The van der Waals surface area contributed by atoms with Gasteiger partial charge in [0, 0.05) is 43.2 Å². The van der Waals surface area contributed by atoms with Crippen LogP contribution in [0.15, 0.2) is 71.1 Å². The number of hydrogen-bond acceptors (Lipinski definition) is 5. The lowest BCUT2D eigenvalue weighted by molar-refractivity contribution is 0.275. The highest BCUT2D eigenvalue weighted by Crippen LogP contribution is 2.26. The monoisotopic (exact) mass is 457 g/mol. The Labute approximate surface area is 182 Å². The number of benzene rings is 2. The average Bonchev–Trinajstić information content (AvgIpc) is 2.78. The summed E-state index contributed by atoms with van der Waals surface area (Å²) in [5.74, 6) is 0. The molecule has 2 heterocycles. The summed E-state index contributed by atoms with van der Waals surface area (Å²) in [6.45, 7) is 2.27. The smallest absolute Gasteiger partial charge is 0.245 e. The molecular formula is C22H23N3O4S2. The largest absolute Gasteiger partial charge is 0.255 e. The number of nitrogens with zero attached hydrogens (tertiary/aromatic N) is 3. The van der Waals surface area contributed by atoms with E-state index in [4.69, 9.17) is 0 Å². The standard InChI is InChI=1S/C22H23N3O4S2/c1-18-16-20-8-5-9-21(22(20)23-17-18)31(28,29)25-13-11-24(12-14-25)30(26,27)15-10-19-6-3-2-4-7-19/h2-10,15-17H,11-14H2,1H3/b15-10+. The molecule has 0 saturated carbocycles. The molecule has 3 aromatic rings. The Morgan fingerprint density at radius 3 is 2.26 bits per heavy atom. The molecule has 1 fully saturated rings. The maximum absolute atomic E-state index is 13.3. The Balaban J connectivity index is 1.51. The van der Waals surface area contributed by atoms with E-state index in [1.807, 2.05) is 49.4 Å². The number of rotatable bonds is 5. The molecule has 31 heavy (non-hydrogen) atoms. The van der Waals surface area contributed by atoms with Crippen molar-refractivity contribution in [1.82, 2.24) is 13.6 Å². The van der Waals surface area contributed by atoms with Crippen LogP contribution in [0.3, 0.4) is 0 Å². The predicted molar refractivity (Wildman–Crippen MR) is 121 cm³/mol. The summed E-state index contributed by atoms with van der Waals surface area (Å²) in [5, 5.41) is 1.93. The summed E-state index contributed by atoms with van der Waals surface area (Å²) >= 11 is 0. The fraction of sp³-hybridized carbons (Fsp3) is 0.227. The average molecular weight is 458 g/mol. The fourth-order valence-corrected chi connectivity index (χ4v) is 6.33. The molecule has 0 amide bonds. The maximum Gasteiger partial charge on any atom is 0.245 e. The highest BCUT2D eigenvalue weighted by molar-refractivity contribution is 7.92. The second-order valence-electron chi connectivity index (χ2n) is 7.40. The van der Waals surface area contributed by atoms with Gasteiger partial charge in [0.25, 0.3) is 0 Å². The second kappa shape index (κ2) is 8.51. The van der Waals surface area contributed by atoms with Crippen molar-refractivity contribution in [2.24, 2.45) is 0 Å². The maximum atomic E-state index is 13.3. The molecule has 9 heteroatoms. The second-order valence-corrected chi connectivity index (χ2v) is 11.1. The third-order valence-corrected chi connectivity index (χ3v) is 8.71. The normalized spacial score (nSPS) is 16.8. The van der Waals surface area contributed by atoms with Gasteiger partial charge >= 0.3 is 0 Å². The molecule has 2 aromatic carbocycles. The van der Waals surface area contributed by atoms with Crippen LogP contribution in [0.1, 0.15) is 11.1 Å². The quantitative estimate of drug-likeness (QED) is 0.588. The van der Waals surface area contributed by atoms with Crippen LogP contribution in [0.5, 0.6) is 0 Å². The van der Waals surface area contributed by atoms with Crippen molar-refractivity contribution >= 4 is 37.0 Å². The van der Waals surface area contributed by atoms with Gasteiger partial charge in [0.15, 0.2) is 0 Å². The molecule has 0 atom stereocenters. The van der Waals surface area contributed by atoms with Gasteiger partial charge in [-0.2, -0.15) is 8.61 Å². The van der Waals surface area contributed by atoms with E-state index in [1.54, 1.807) is 24.4 Å². The van der Waals surface area contributed by atoms with Crippen molar-refractivity contribution in [3.63, 3.8) is 0 Å². The van der Waals surface area contributed by atoms with Crippen molar-refractivity contribution in [1.29, 1.82) is 0 Å². The first-order valence-corrected chi connectivity index (χ1v) is 12.8. The zero-order chi connectivity index (χ0) is 22.1. The number of para-hydroxylation sites is 1. The van der Waals surface area contributed by atoms with Crippen LogP contribution in [0, 0.1) is 6.92 Å². The molecular weight excluding hydrogens is 434 g/mol. The summed E-state index contributed by atoms with van der Waals surface area (Å²) in [7, 11) is -7.43. The number of sulfonamides is 2. The van der Waals surface area contributed by atoms with Crippen LogP contribution in [0.2, 0.25) is 0 Å². The number of aryl methyl sites for hydroxylation is 1. The first-order valence-electron chi connectivity index (χ1n) is 9.86. The van der Waals surface area contributed by atoms with E-state index in [0.29, 0.717) is 5.52 Å². The number of fused-ring (bicyclic) bond motifs is 1. The molecule has 0 spiro atoms. The van der Waals surface area contributed by atoms with Crippen molar-refractivity contribution in [3.05, 3.63) is 77.3 Å². The Kier molecular flexibility index (Phi) is 5.94. The Morgan fingerprint density at radius 2 is 1.55 bits per heavy atom. The molecule has 0 bridgehead atoms. The van der Waals surface area contributed by atoms with Gasteiger partial charge in [0.1, 0.15) is 4.90 Å². The Morgan fingerprint density at radius 1 is 0.871 bits per heavy atom. The molecule has 1 aliphatic heterocycles. The number of pyridine rings is 1. The van der Waals surface area contributed by atoms with Gasteiger partial charge < -0.3 is 0 Å². The van der Waals surface area contributed by atoms with E-state index >= 15 is 0 Å². The molecule has 1 saturated heterocycles. The van der Waals surface area contributed by atoms with Crippen molar-refractivity contribution in [2.75, 3.05) is 26.2 Å². The van der Waals surface area contributed by atoms with Gasteiger partial charge in [-0.15, -0.1) is 0 Å². The van der Waals surface area contributed by atoms with Crippen molar-refractivity contribution < 1.29 is 16.8 Å². The molecule has 1 aliphatic rings. The Hall–Kier alpha value is -2.59.